The van der Waals surface area contributed by atoms with Crippen molar-refractivity contribution in [2.24, 2.45) is 7.05 Å². The van der Waals surface area contributed by atoms with Gasteiger partial charge in [0.05, 0.1) is 0 Å². The highest BCUT2D eigenvalue weighted by atomic mass is 19.1. The summed E-state index contributed by atoms with van der Waals surface area (Å²) in [5.74, 6) is 0.216. The van der Waals surface area contributed by atoms with Crippen molar-refractivity contribution in [2.75, 3.05) is 13.1 Å². The Hall–Kier alpha value is -1.68. The highest BCUT2D eigenvalue weighted by Crippen LogP contribution is 2.21. The molecule has 2 aromatic rings. The van der Waals surface area contributed by atoms with Gasteiger partial charge < -0.3 is 5.32 Å². The molecule has 108 valence electrons. The van der Waals surface area contributed by atoms with Crippen molar-refractivity contribution in [2.45, 2.75) is 25.7 Å². The maximum absolute atomic E-state index is 13.0. The zero-order valence-electron chi connectivity index (χ0n) is 12.1. The third kappa shape index (κ3) is 3.90. The molecule has 2 rings (SSSR count). The number of hydrogen-bond acceptors (Lipinski definition) is 2. The fraction of sp³-hybridized carbons (Fsp3) is 0.438. The quantitative estimate of drug-likeness (QED) is 0.842. The van der Waals surface area contributed by atoms with Crippen LogP contribution in [0.3, 0.4) is 0 Å². The topological polar surface area (TPSA) is 29.9 Å². The summed E-state index contributed by atoms with van der Waals surface area (Å²) in [5, 5.41) is 7.58. The molecule has 1 aromatic heterocycles. The highest BCUT2D eigenvalue weighted by molar-refractivity contribution is 5.21. The first kappa shape index (κ1) is 14.7. The lowest BCUT2D eigenvalue weighted by molar-refractivity contribution is 0.547. The van der Waals surface area contributed by atoms with Crippen LogP contribution in [0.25, 0.3) is 0 Å². The van der Waals surface area contributed by atoms with Gasteiger partial charge in [0, 0.05) is 25.5 Å². The molecule has 0 radical (unpaired) electrons. The zero-order valence-corrected chi connectivity index (χ0v) is 12.1. The van der Waals surface area contributed by atoms with Gasteiger partial charge in [0.15, 0.2) is 0 Å². The Bertz CT molecular complexity index is 519. The van der Waals surface area contributed by atoms with E-state index in [-0.39, 0.29) is 5.82 Å². The Morgan fingerprint density at radius 2 is 2.00 bits per heavy atom. The predicted octanol–water partition coefficient (Wildman–Crippen LogP) is 2.89. The van der Waals surface area contributed by atoms with Crippen LogP contribution in [0.4, 0.5) is 4.39 Å². The standard InChI is InChI=1S/C16H22FN3/c1-3-18-12-14(13-4-7-15(17)8-5-13)6-9-16-10-11-19-20(16)2/h4-5,7-8,10-11,14,18H,3,6,9,12H2,1-2H3. The second-order valence-corrected chi connectivity index (χ2v) is 5.04. The van der Waals surface area contributed by atoms with Crippen LogP contribution in [-0.2, 0) is 13.5 Å². The molecule has 1 aromatic carbocycles. The molecular formula is C16H22FN3. The summed E-state index contributed by atoms with van der Waals surface area (Å²) in [4.78, 5) is 0. The lowest BCUT2D eigenvalue weighted by Crippen LogP contribution is -2.22. The first-order valence-corrected chi connectivity index (χ1v) is 7.13. The summed E-state index contributed by atoms with van der Waals surface area (Å²) < 4.78 is 14.9. The second kappa shape index (κ2) is 7.20. The number of nitrogens with zero attached hydrogens (tertiary/aromatic N) is 2. The van der Waals surface area contributed by atoms with Crippen molar-refractivity contribution < 1.29 is 4.39 Å². The van der Waals surface area contributed by atoms with Gasteiger partial charge in [-0.05, 0) is 49.1 Å². The van der Waals surface area contributed by atoms with Crippen LogP contribution in [0, 0.1) is 5.82 Å². The lowest BCUT2D eigenvalue weighted by Gasteiger charge is -2.18. The molecule has 1 N–H and O–H groups in total. The molecule has 0 amide bonds. The SMILES string of the molecule is CCNCC(CCc1ccnn1C)c1ccc(F)cc1. The normalized spacial score (nSPS) is 12.6. The van der Waals surface area contributed by atoms with Crippen molar-refractivity contribution in [3.05, 3.63) is 53.6 Å². The summed E-state index contributed by atoms with van der Waals surface area (Å²) in [7, 11) is 1.96. The Morgan fingerprint density at radius 3 is 2.60 bits per heavy atom. The van der Waals surface area contributed by atoms with Gasteiger partial charge in [-0.15, -0.1) is 0 Å². The van der Waals surface area contributed by atoms with Gasteiger partial charge in [-0.25, -0.2) is 4.39 Å². The minimum Gasteiger partial charge on any atom is -0.316 e. The number of nitrogens with one attached hydrogen (secondary N) is 1. The molecule has 0 bridgehead atoms. The van der Waals surface area contributed by atoms with E-state index in [0.717, 1.165) is 25.9 Å². The number of likely N-dealkylation sites (N-methyl/N-ethyl adjacent to an activating group) is 1. The summed E-state index contributed by atoms with van der Waals surface area (Å²) >= 11 is 0. The number of aryl methyl sites for hydroxylation is 2. The summed E-state index contributed by atoms with van der Waals surface area (Å²) in [6.45, 7) is 3.96. The Morgan fingerprint density at radius 1 is 1.25 bits per heavy atom. The van der Waals surface area contributed by atoms with E-state index < -0.39 is 0 Å². The van der Waals surface area contributed by atoms with Gasteiger partial charge in [-0.1, -0.05) is 19.1 Å². The third-order valence-electron chi connectivity index (χ3n) is 3.65. The molecule has 0 aliphatic rings. The van der Waals surface area contributed by atoms with Crippen LogP contribution in [-0.4, -0.2) is 22.9 Å². The van der Waals surface area contributed by atoms with Gasteiger partial charge in [0.1, 0.15) is 5.82 Å². The van der Waals surface area contributed by atoms with Crippen molar-refractivity contribution in [1.29, 1.82) is 0 Å². The van der Waals surface area contributed by atoms with Crippen LogP contribution >= 0.6 is 0 Å². The van der Waals surface area contributed by atoms with Crippen LogP contribution in [0.5, 0.6) is 0 Å². The van der Waals surface area contributed by atoms with E-state index in [1.165, 1.54) is 11.3 Å². The number of hydrogen-bond donors (Lipinski definition) is 1. The van der Waals surface area contributed by atoms with Crippen molar-refractivity contribution in [3.8, 4) is 0 Å². The van der Waals surface area contributed by atoms with Gasteiger partial charge >= 0.3 is 0 Å². The molecule has 3 nitrogen and oxygen atoms in total. The first-order chi connectivity index (χ1) is 9.70. The van der Waals surface area contributed by atoms with E-state index in [9.17, 15) is 4.39 Å². The van der Waals surface area contributed by atoms with E-state index in [1.54, 1.807) is 12.1 Å². The van der Waals surface area contributed by atoms with Crippen LogP contribution < -0.4 is 5.32 Å². The summed E-state index contributed by atoms with van der Waals surface area (Å²) in [6.07, 6.45) is 3.83. The van der Waals surface area contributed by atoms with Crippen molar-refractivity contribution in [1.82, 2.24) is 15.1 Å². The molecule has 0 fully saturated rings. The van der Waals surface area contributed by atoms with E-state index in [2.05, 4.69) is 23.4 Å². The maximum atomic E-state index is 13.0. The maximum Gasteiger partial charge on any atom is 0.123 e. The van der Waals surface area contributed by atoms with Crippen molar-refractivity contribution >= 4 is 0 Å². The van der Waals surface area contributed by atoms with Gasteiger partial charge in [-0.2, -0.15) is 5.10 Å². The van der Waals surface area contributed by atoms with E-state index in [1.807, 2.05) is 30.1 Å². The highest BCUT2D eigenvalue weighted by Gasteiger charge is 2.12. The Balaban J connectivity index is 2.03. The van der Waals surface area contributed by atoms with E-state index in [4.69, 9.17) is 0 Å². The summed E-state index contributed by atoms with van der Waals surface area (Å²) in [5.41, 5.74) is 2.42. The molecule has 0 saturated heterocycles. The minimum absolute atomic E-state index is 0.178. The number of rotatable bonds is 7. The summed E-state index contributed by atoms with van der Waals surface area (Å²) in [6, 6.07) is 8.91. The van der Waals surface area contributed by atoms with Crippen LogP contribution in [0.1, 0.15) is 30.5 Å². The van der Waals surface area contributed by atoms with Gasteiger partial charge in [0.25, 0.3) is 0 Å². The Kier molecular flexibility index (Phi) is 5.30. The zero-order chi connectivity index (χ0) is 14.4. The monoisotopic (exact) mass is 275 g/mol. The largest absolute Gasteiger partial charge is 0.316 e. The smallest absolute Gasteiger partial charge is 0.123 e. The molecule has 0 aliphatic heterocycles. The number of aromatic nitrogens is 2. The molecule has 20 heavy (non-hydrogen) atoms. The van der Waals surface area contributed by atoms with E-state index in [0.29, 0.717) is 5.92 Å². The molecule has 1 atom stereocenters. The van der Waals surface area contributed by atoms with Gasteiger partial charge in [-0.3, -0.25) is 4.68 Å². The first-order valence-electron chi connectivity index (χ1n) is 7.13. The van der Waals surface area contributed by atoms with E-state index >= 15 is 0 Å². The Labute approximate surface area is 119 Å². The molecule has 1 heterocycles. The molecule has 1 unspecified atom stereocenters. The van der Waals surface area contributed by atoms with Crippen LogP contribution in [0.2, 0.25) is 0 Å². The van der Waals surface area contributed by atoms with Crippen LogP contribution in [0.15, 0.2) is 36.5 Å². The number of benzene rings is 1. The number of halogens is 1. The molecule has 0 spiro atoms. The molecule has 0 saturated carbocycles. The fourth-order valence-corrected chi connectivity index (χ4v) is 2.41. The second-order valence-electron chi connectivity index (χ2n) is 5.04. The predicted molar refractivity (Wildman–Crippen MR) is 79.2 cm³/mol. The third-order valence-corrected chi connectivity index (χ3v) is 3.65. The average molecular weight is 275 g/mol. The minimum atomic E-state index is -0.178. The average Bonchev–Trinajstić information content (AvgIpc) is 2.86. The van der Waals surface area contributed by atoms with Gasteiger partial charge in [0.2, 0.25) is 0 Å². The molecule has 4 heteroatoms. The fourth-order valence-electron chi connectivity index (χ4n) is 2.41. The molecular weight excluding hydrogens is 253 g/mol. The van der Waals surface area contributed by atoms with Crippen molar-refractivity contribution in [3.63, 3.8) is 0 Å². The molecule has 0 aliphatic carbocycles. The lowest BCUT2D eigenvalue weighted by atomic mass is 9.93.